The number of carbonyl (C=O) groups excluding carboxylic acids is 2. The fourth-order valence-corrected chi connectivity index (χ4v) is 2.29. The lowest BCUT2D eigenvalue weighted by molar-refractivity contribution is -0.126. The van der Waals surface area contributed by atoms with Gasteiger partial charge in [-0.25, -0.2) is 4.79 Å². The number of carbonyl (C=O) groups is 2. The second-order valence-electron chi connectivity index (χ2n) is 4.42. The lowest BCUT2D eigenvalue weighted by Gasteiger charge is -2.21. The van der Waals surface area contributed by atoms with Crippen molar-refractivity contribution in [2.75, 3.05) is 19.8 Å². The summed E-state index contributed by atoms with van der Waals surface area (Å²) in [7, 11) is 0. The molecule has 82 valence electrons. The average molecular weight is 210 g/mol. The number of rotatable bonds is 2. The van der Waals surface area contributed by atoms with Gasteiger partial charge in [-0.2, -0.15) is 0 Å². The molecule has 1 saturated carbocycles. The van der Waals surface area contributed by atoms with E-state index in [1.54, 1.807) is 4.90 Å². The molecule has 3 amide bonds. The number of imide groups is 1. The van der Waals surface area contributed by atoms with E-state index < -0.39 is 0 Å². The summed E-state index contributed by atoms with van der Waals surface area (Å²) in [4.78, 5) is 26.8. The average Bonchev–Trinajstić information content (AvgIpc) is 2.83. The molecule has 5 nitrogen and oxygen atoms in total. The largest absolute Gasteiger partial charge is 0.379 e. The molecule has 2 heterocycles. The maximum atomic E-state index is 12.0. The smallest absolute Gasteiger partial charge is 0.327 e. The molecule has 0 N–H and O–H groups in total. The van der Waals surface area contributed by atoms with Crippen LogP contribution < -0.4 is 0 Å². The summed E-state index contributed by atoms with van der Waals surface area (Å²) < 4.78 is 5.21. The number of hydrogen-bond donors (Lipinski definition) is 0. The molecule has 3 aliphatic rings. The zero-order valence-electron chi connectivity index (χ0n) is 8.52. The third kappa shape index (κ3) is 1.42. The predicted molar refractivity (Wildman–Crippen MR) is 51.2 cm³/mol. The SMILES string of the molecule is O=C1CN(C2CC2)C(=O)N1C1CCOC1. The van der Waals surface area contributed by atoms with Gasteiger partial charge in [0.05, 0.1) is 12.6 Å². The van der Waals surface area contributed by atoms with Gasteiger partial charge in [0.1, 0.15) is 6.54 Å². The van der Waals surface area contributed by atoms with E-state index in [-0.39, 0.29) is 24.5 Å². The van der Waals surface area contributed by atoms with E-state index in [4.69, 9.17) is 4.74 Å². The summed E-state index contributed by atoms with van der Waals surface area (Å²) in [5.74, 6) is -0.0533. The van der Waals surface area contributed by atoms with E-state index in [2.05, 4.69) is 0 Å². The second-order valence-corrected chi connectivity index (χ2v) is 4.42. The topological polar surface area (TPSA) is 49.9 Å². The van der Waals surface area contributed by atoms with Crippen LogP contribution in [0.5, 0.6) is 0 Å². The van der Waals surface area contributed by atoms with Crippen molar-refractivity contribution >= 4 is 11.9 Å². The summed E-state index contributed by atoms with van der Waals surface area (Å²) in [5.41, 5.74) is 0. The van der Waals surface area contributed by atoms with Crippen LogP contribution in [0.15, 0.2) is 0 Å². The van der Waals surface area contributed by atoms with E-state index in [1.807, 2.05) is 0 Å². The second kappa shape index (κ2) is 3.20. The molecule has 5 heteroatoms. The van der Waals surface area contributed by atoms with E-state index in [1.165, 1.54) is 4.90 Å². The Morgan fingerprint density at radius 1 is 1.13 bits per heavy atom. The van der Waals surface area contributed by atoms with Gasteiger partial charge in [0.2, 0.25) is 0 Å². The van der Waals surface area contributed by atoms with Crippen LogP contribution in [0, 0.1) is 0 Å². The van der Waals surface area contributed by atoms with E-state index in [0.29, 0.717) is 19.3 Å². The number of urea groups is 1. The van der Waals surface area contributed by atoms with Crippen LogP contribution in [0.4, 0.5) is 4.79 Å². The van der Waals surface area contributed by atoms with Crippen LogP contribution in [0.2, 0.25) is 0 Å². The van der Waals surface area contributed by atoms with Crippen LogP contribution >= 0.6 is 0 Å². The molecule has 0 spiro atoms. The Labute approximate surface area is 88.0 Å². The van der Waals surface area contributed by atoms with Gasteiger partial charge >= 0.3 is 6.03 Å². The first-order chi connectivity index (χ1) is 7.27. The summed E-state index contributed by atoms with van der Waals surface area (Å²) in [6.07, 6.45) is 2.89. The molecule has 2 saturated heterocycles. The van der Waals surface area contributed by atoms with E-state index in [0.717, 1.165) is 19.3 Å². The summed E-state index contributed by atoms with van der Waals surface area (Å²) in [6.45, 7) is 1.45. The number of nitrogens with zero attached hydrogens (tertiary/aromatic N) is 2. The zero-order chi connectivity index (χ0) is 10.4. The molecule has 0 aromatic heterocycles. The first kappa shape index (κ1) is 9.15. The van der Waals surface area contributed by atoms with Crippen LogP contribution in [0.1, 0.15) is 19.3 Å². The molecule has 3 rings (SSSR count). The molecule has 2 aliphatic heterocycles. The molecular formula is C10H14N2O3. The van der Waals surface area contributed by atoms with Crippen molar-refractivity contribution in [2.45, 2.75) is 31.3 Å². The molecule has 3 fully saturated rings. The number of amides is 3. The number of ether oxygens (including phenoxy) is 1. The van der Waals surface area contributed by atoms with Gasteiger partial charge in [-0.05, 0) is 19.3 Å². The van der Waals surface area contributed by atoms with Crippen LogP contribution in [0.3, 0.4) is 0 Å². The van der Waals surface area contributed by atoms with Gasteiger partial charge in [0.25, 0.3) is 5.91 Å². The highest BCUT2D eigenvalue weighted by Gasteiger charge is 2.46. The van der Waals surface area contributed by atoms with Gasteiger partial charge in [0.15, 0.2) is 0 Å². The Morgan fingerprint density at radius 2 is 1.93 bits per heavy atom. The van der Waals surface area contributed by atoms with Gasteiger partial charge in [-0.3, -0.25) is 9.69 Å². The number of hydrogen-bond acceptors (Lipinski definition) is 3. The van der Waals surface area contributed by atoms with Crippen molar-refractivity contribution in [1.82, 2.24) is 9.80 Å². The first-order valence-corrected chi connectivity index (χ1v) is 5.48. The van der Waals surface area contributed by atoms with Crippen LogP contribution in [-0.2, 0) is 9.53 Å². The van der Waals surface area contributed by atoms with Gasteiger partial charge in [0, 0.05) is 12.6 Å². The molecule has 1 unspecified atom stereocenters. The highest BCUT2D eigenvalue weighted by molar-refractivity contribution is 6.02. The maximum Gasteiger partial charge on any atom is 0.327 e. The minimum absolute atomic E-state index is 0.0197. The predicted octanol–water partition coefficient (Wildman–Crippen LogP) is 0.202. The molecule has 15 heavy (non-hydrogen) atoms. The molecule has 1 atom stereocenters. The molecule has 1 aliphatic carbocycles. The quantitative estimate of drug-likeness (QED) is 0.612. The highest BCUT2D eigenvalue weighted by atomic mass is 16.5. The van der Waals surface area contributed by atoms with Crippen molar-refractivity contribution < 1.29 is 14.3 Å². The van der Waals surface area contributed by atoms with Gasteiger partial charge in [-0.15, -0.1) is 0 Å². The Hall–Kier alpha value is -1.10. The van der Waals surface area contributed by atoms with Crippen LogP contribution in [-0.4, -0.2) is 53.6 Å². The lowest BCUT2D eigenvalue weighted by atomic mass is 10.2. The first-order valence-electron chi connectivity index (χ1n) is 5.48. The van der Waals surface area contributed by atoms with E-state index in [9.17, 15) is 9.59 Å². The van der Waals surface area contributed by atoms with Crippen molar-refractivity contribution in [1.29, 1.82) is 0 Å². The third-order valence-corrected chi connectivity index (χ3v) is 3.28. The monoisotopic (exact) mass is 210 g/mol. The Balaban J connectivity index is 1.76. The van der Waals surface area contributed by atoms with Gasteiger partial charge < -0.3 is 9.64 Å². The zero-order valence-corrected chi connectivity index (χ0v) is 8.52. The van der Waals surface area contributed by atoms with Crippen molar-refractivity contribution in [3.8, 4) is 0 Å². The minimum Gasteiger partial charge on any atom is -0.379 e. The minimum atomic E-state index is -0.0991. The maximum absolute atomic E-state index is 12.0. The molecule has 0 aromatic carbocycles. The Kier molecular flexibility index (Phi) is 1.95. The van der Waals surface area contributed by atoms with Crippen LogP contribution in [0.25, 0.3) is 0 Å². The molecular weight excluding hydrogens is 196 g/mol. The molecule has 0 bridgehead atoms. The summed E-state index contributed by atoms with van der Waals surface area (Å²) >= 11 is 0. The van der Waals surface area contributed by atoms with Crippen molar-refractivity contribution in [2.24, 2.45) is 0 Å². The third-order valence-electron chi connectivity index (χ3n) is 3.28. The Bertz CT molecular complexity index is 308. The van der Waals surface area contributed by atoms with Crippen molar-refractivity contribution in [3.63, 3.8) is 0 Å². The summed E-state index contributed by atoms with van der Waals surface area (Å²) in [6, 6.07) is 0.209. The standard InChI is InChI=1S/C10H14N2O3/c13-9-5-11(7-1-2-7)10(14)12(9)8-3-4-15-6-8/h7-8H,1-6H2. The highest BCUT2D eigenvalue weighted by Crippen LogP contribution is 2.31. The van der Waals surface area contributed by atoms with Crippen molar-refractivity contribution in [3.05, 3.63) is 0 Å². The fourth-order valence-electron chi connectivity index (χ4n) is 2.29. The normalized spacial score (nSPS) is 31.9. The molecule has 0 aromatic rings. The molecule has 0 radical (unpaired) electrons. The lowest BCUT2D eigenvalue weighted by Crippen LogP contribution is -2.42. The summed E-state index contributed by atoms with van der Waals surface area (Å²) in [5, 5.41) is 0. The Morgan fingerprint density at radius 3 is 2.53 bits per heavy atom. The fraction of sp³-hybridized carbons (Fsp3) is 0.800. The van der Waals surface area contributed by atoms with Gasteiger partial charge in [-0.1, -0.05) is 0 Å². The van der Waals surface area contributed by atoms with E-state index >= 15 is 0 Å².